The van der Waals surface area contributed by atoms with Gasteiger partial charge in [0, 0.05) is 38.3 Å². The van der Waals surface area contributed by atoms with Crippen LogP contribution in [0.15, 0.2) is 29.3 Å². The Hall–Kier alpha value is -1.80. The summed E-state index contributed by atoms with van der Waals surface area (Å²) in [6.07, 6.45) is -3.48. The van der Waals surface area contributed by atoms with Crippen molar-refractivity contribution in [2.24, 2.45) is 4.99 Å². The van der Waals surface area contributed by atoms with Crippen LogP contribution < -0.4 is 10.6 Å². The maximum atomic E-state index is 12.6. The standard InChI is InChI=1S/C21H34F3N5/c1-5-25-20(27-19-10-11-29(14-19)15-21(22,23)24)26-12-17-8-6-7-9-18(17)13-28(4)16(2)3/h6-9,16,19H,5,10-15H2,1-4H3,(H2,25,26,27). The molecule has 1 atom stereocenters. The van der Waals surface area contributed by atoms with Crippen LogP contribution >= 0.6 is 0 Å². The highest BCUT2D eigenvalue weighted by Crippen LogP contribution is 2.20. The second-order valence-corrected chi connectivity index (χ2v) is 7.95. The molecule has 1 unspecified atom stereocenters. The van der Waals surface area contributed by atoms with Gasteiger partial charge in [-0.15, -0.1) is 0 Å². The summed E-state index contributed by atoms with van der Waals surface area (Å²) < 4.78 is 37.8. The molecule has 5 nitrogen and oxygen atoms in total. The zero-order chi connectivity index (χ0) is 21.4. The summed E-state index contributed by atoms with van der Waals surface area (Å²) >= 11 is 0. The molecule has 1 aliphatic rings. The zero-order valence-corrected chi connectivity index (χ0v) is 17.9. The fourth-order valence-corrected chi connectivity index (χ4v) is 3.34. The third-order valence-electron chi connectivity index (χ3n) is 5.19. The minimum absolute atomic E-state index is 0.0301. The van der Waals surface area contributed by atoms with Crippen molar-refractivity contribution in [2.45, 2.75) is 58.5 Å². The fraction of sp³-hybridized carbons (Fsp3) is 0.667. The van der Waals surface area contributed by atoms with Gasteiger partial charge in [-0.25, -0.2) is 4.99 Å². The van der Waals surface area contributed by atoms with Crippen LogP contribution in [0.2, 0.25) is 0 Å². The molecule has 0 radical (unpaired) electrons. The molecule has 2 N–H and O–H groups in total. The molecule has 0 aromatic heterocycles. The minimum Gasteiger partial charge on any atom is -0.357 e. The minimum atomic E-state index is -4.15. The third kappa shape index (κ3) is 8.22. The third-order valence-corrected chi connectivity index (χ3v) is 5.19. The Labute approximate surface area is 172 Å². The summed E-state index contributed by atoms with van der Waals surface area (Å²) in [5, 5.41) is 6.51. The average molecular weight is 414 g/mol. The predicted molar refractivity (Wildman–Crippen MR) is 112 cm³/mol. The second-order valence-electron chi connectivity index (χ2n) is 7.95. The number of guanidine groups is 1. The van der Waals surface area contributed by atoms with Gasteiger partial charge in [-0.05, 0) is 45.4 Å². The number of rotatable bonds is 8. The van der Waals surface area contributed by atoms with E-state index in [1.807, 2.05) is 19.1 Å². The zero-order valence-electron chi connectivity index (χ0n) is 17.9. The molecule has 0 aliphatic carbocycles. The van der Waals surface area contributed by atoms with E-state index in [-0.39, 0.29) is 6.04 Å². The van der Waals surface area contributed by atoms with E-state index in [9.17, 15) is 13.2 Å². The lowest BCUT2D eigenvalue weighted by Gasteiger charge is -2.22. The Morgan fingerprint density at radius 2 is 1.97 bits per heavy atom. The normalized spacial score (nSPS) is 18.7. The van der Waals surface area contributed by atoms with Gasteiger partial charge < -0.3 is 10.6 Å². The van der Waals surface area contributed by atoms with E-state index in [4.69, 9.17) is 4.99 Å². The molecule has 0 spiro atoms. The van der Waals surface area contributed by atoms with E-state index < -0.39 is 12.7 Å². The largest absolute Gasteiger partial charge is 0.401 e. The quantitative estimate of drug-likeness (QED) is 0.507. The summed E-state index contributed by atoms with van der Waals surface area (Å²) in [5.41, 5.74) is 2.39. The van der Waals surface area contributed by atoms with Crippen molar-refractivity contribution in [1.82, 2.24) is 20.4 Å². The van der Waals surface area contributed by atoms with Crippen molar-refractivity contribution in [1.29, 1.82) is 0 Å². The highest BCUT2D eigenvalue weighted by atomic mass is 19.4. The van der Waals surface area contributed by atoms with Gasteiger partial charge in [0.1, 0.15) is 0 Å². The van der Waals surface area contributed by atoms with Crippen LogP contribution in [-0.4, -0.2) is 67.2 Å². The summed E-state index contributed by atoms with van der Waals surface area (Å²) in [6, 6.07) is 8.67. The number of likely N-dealkylation sites (tertiary alicyclic amines) is 1. The molecule has 0 saturated carbocycles. The van der Waals surface area contributed by atoms with Crippen molar-refractivity contribution >= 4 is 5.96 Å². The van der Waals surface area contributed by atoms with Crippen LogP contribution in [0, 0.1) is 0 Å². The second kappa shape index (κ2) is 10.8. The maximum Gasteiger partial charge on any atom is 0.401 e. The number of halogens is 3. The Morgan fingerprint density at radius 3 is 2.59 bits per heavy atom. The smallest absolute Gasteiger partial charge is 0.357 e. The fourth-order valence-electron chi connectivity index (χ4n) is 3.34. The maximum absolute atomic E-state index is 12.6. The molecule has 1 fully saturated rings. The van der Waals surface area contributed by atoms with Gasteiger partial charge in [-0.2, -0.15) is 13.2 Å². The molecule has 0 amide bonds. The van der Waals surface area contributed by atoms with Gasteiger partial charge >= 0.3 is 6.18 Å². The molecule has 164 valence electrons. The van der Waals surface area contributed by atoms with Crippen LogP contribution in [-0.2, 0) is 13.1 Å². The summed E-state index contributed by atoms with van der Waals surface area (Å²) in [7, 11) is 2.10. The Kier molecular flexibility index (Phi) is 8.77. The molecular weight excluding hydrogens is 379 g/mol. The molecule has 1 heterocycles. The van der Waals surface area contributed by atoms with Crippen molar-refractivity contribution in [2.75, 3.05) is 33.2 Å². The van der Waals surface area contributed by atoms with Gasteiger partial charge in [-0.1, -0.05) is 24.3 Å². The predicted octanol–water partition coefficient (Wildman–Crippen LogP) is 3.22. The average Bonchev–Trinajstić information content (AvgIpc) is 3.05. The van der Waals surface area contributed by atoms with Crippen molar-refractivity contribution in [3.8, 4) is 0 Å². The number of nitrogens with zero attached hydrogens (tertiary/aromatic N) is 3. The van der Waals surface area contributed by atoms with Gasteiger partial charge in [0.15, 0.2) is 5.96 Å². The van der Waals surface area contributed by atoms with E-state index in [0.29, 0.717) is 44.6 Å². The molecule has 1 saturated heterocycles. The summed E-state index contributed by atoms with van der Waals surface area (Å²) in [5.74, 6) is 0.651. The molecule has 1 aromatic rings. The van der Waals surface area contributed by atoms with Crippen molar-refractivity contribution in [3.63, 3.8) is 0 Å². The van der Waals surface area contributed by atoms with Crippen LogP contribution in [0.3, 0.4) is 0 Å². The number of hydrogen-bond donors (Lipinski definition) is 2. The van der Waals surface area contributed by atoms with Crippen LogP contribution in [0.1, 0.15) is 38.3 Å². The molecular formula is C21H34F3N5. The van der Waals surface area contributed by atoms with E-state index in [0.717, 1.165) is 12.1 Å². The highest BCUT2D eigenvalue weighted by Gasteiger charge is 2.34. The lowest BCUT2D eigenvalue weighted by molar-refractivity contribution is -0.143. The summed E-state index contributed by atoms with van der Waals surface area (Å²) in [4.78, 5) is 8.42. The van der Waals surface area contributed by atoms with Crippen molar-refractivity contribution in [3.05, 3.63) is 35.4 Å². The molecule has 2 rings (SSSR count). The van der Waals surface area contributed by atoms with Crippen molar-refractivity contribution < 1.29 is 13.2 Å². The number of benzene rings is 1. The van der Waals surface area contributed by atoms with Gasteiger partial charge in [0.25, 0.3) is 0 Å². The number of hydrogen-bond acceptors (Lipinski definition) is 3. The van der Waals surface area contributed by atoms with Gasteiger partial charge in [0.2, 0.25) is 0 Å². The Balaban J connectivity index is 1.99. The van der Waals surface area contributed by atoms with E-state index in [1.54, 1.807) is 0 Å². The topological polar surface area (TPSA) is 42.9 Å². The highest BCUT2D eigenvalue weighted by molar-refractivity contribution is 5.80. The van der Waals surface area contributed by atoms with Gasteiger partial charge in [0.05, 0.1) is 13.1 Å². The molecule has 1 aliphatic heterocycles. The SMILES string of the molecule is CCNC(=NCc1ccccc1CN(C)C(C)C)NC1CCN(CC(F)(F)F)C1. The van der Waals surface area contributed by atoms with E-state index in [2.05, 4.69) is 48.6 Å². The van der Waals surface area contributed by atoms with Crippen LogP contribution in [0.25, 0.3) is 0 Å². The number of nitrogens with one attached hydrogen (secondary N) is 2. The number of aliphatic imine (C=N–C) groups is 1. The van der Waals surface area contributed by atoms with Gasteiger partial charge in [-0.3, -0.25) is 9.80 Å². The first kappa shape index (κ1) is 23.5. The van der Waals surface area contributed by atoms with E-state index >= 15 is 0 Å². The van der Waals surface area contributed by atoms with Crippen LogP contribution in [0.4, 0.5) is 13.2 Å². The first-order chi connectivity index (χ1) is 13.7. The molecule has 0 bridgehead atoms. The van der Waals surface area contributed by atoms with Crippen LogP contribution in [0.5, 0.6) is 0 Å². The lowest BCUT2D eigenvalue weighted by atomic mass is 10.1. The Bertz CT molecular complexity index is 660. The van der Waals surface area contributed by atoms with E-state index in [1.165, 1.54) is 10.5 Å². The lowest BCUT2D eigenvalue weighted by Crippen LogP contribution is -2.45. The first-order valence-corrected chi connectivity index (χ1v) is 10.3. The molecule has 29 heavy (non-hydrogen) atoms. The first-order valence-electron chi connectivity index (χ1n) is 10.3. The monoisotopic (exact) mass is 413 g/mol. The Morgan fingerprint density at radius 1 is 1.28 bits per heavy atom. The molecule has 8 heteroatoms. The molecule has 1 aromatic carbocycles. The summed E-state index contributed by atoms with van der Waals surface area (Å²) in [6.45, 7) is 8.35. The number of alkyl halides is 3.